The summed E-state index contributed by atoms with van der Waals surface area (Å²) < 4.78 is 18.8. The molecule has 0 aromatic carbocycles. The fraction of sp³-hybridized carbons (Fsp3) is 1.00. The van der Waals surface area contributed by atoms with E-state index in [-0.39, 0.29) is 6.10 Å². The molecule has 0 aromatic rings. The van der Waals surface area contributed by atoms with E-state index < -0.39 is 14.1 Å². The minimum Gasteiger partial charge on any atom is -0.369 e. The first-order chi connectivity index (χ1) is 4.49. The second-order valence-electron chi connectivity index (χ2n) is 1.93. The van der Waals surface area contributed by atoms with Gasteiger partial charge in [-0.05, 0) is 0 Å². The molecule has 0 spiro atoms. The molecule has 0 radical (unpaired) electrons. The zero-order chi connectivity index (χ0) is 7.78. The highest BCUT2D eigenvalue weighted by molar-refractivity contribution is 7.46. The first-order valence-electron chi connectivity index (χ1n) is 2.60. The van der Waals surface area contributed by atoms with Crippen molar-refractivity contribution in [1.29, 1.82) is 0 Å². The predicted octanol–water partition coefficient (Wildman–Crippen LogP) is -1.22. The Kier molecular flexibility index (Phi) is 2.10. The predicted molar refractivity (Wildman–Crippen MR) is 30.8 cm³/mol. The SMILES string of the molecule is NC(OP(=O)(O)O)C1CO1. The van der Waals surface area contributed by atoms with Crippen LogP contribution in [-0.2, 0) is 13.8 Å². The Morgan fingerprint density at radius 3 is 2.60 bits per heavy atom. The van der Waals surface area contributed by atoms with Crippen LogP contribution < -0.4 is 5.73 Å². The standard InChI is InChI=1S/C3H8NO5P/c4-3(2-1-8-2)9-10(5,6)7/h2-3H,1,4H2,(H2,5,6,7). The van der Waals surface area contributed by atoms with E-state index in [4.69, 9.17) is 15.5 Å². The van der Waals surface area contributed by atoms with E-state index in [0.717, 1.165) is 0 Å². The topological polar surface area (TPSA) is 105 Å². The van der Waals surface area contributed by atoms with Gasteiger partial charge in [0, 0.05) is 0 Å². The van der Waals surface area contributed by atoms with Crippen molar-refractivity contribution in [1.82, 2.24) is 0 Å². The van der Waals surface area contributed by atoms with Crippen molar-refractivity contribution >= 4 is 7.82 Å². The molecule has 1 aliphatic heterocycles. The number of rotatable bonds is 3. The summed E-state index contributed by atoms with van der Waals surface area (Å²) in [6.45, 7) is 0.404. The van der Waals surface area contributed by atoms with Gasteiger partial charge in [0.2, 0.25) is 0 Å². The highest BCUT2D eigenvalue weighted by Crippen LogP contribution is 2.38. The molecule has 1 aliphatic rings. The highest BCUT2D eigenvalue weighted by atomic mass is 31.2. The number of epoxide rings is 1. The average molecular weight is 169 g/mol. The molecule has 2 unspecified atom stereocenters. The lowest BCUT2D eigenvalue weighted by atomic mass is 10.4. The van der Waals surface area contributed by atoms with Crippen molar-refractivity contribution in [2.24, 2.45) is 5.73 Å². The van der Waals surface area contributed by atoms with Crippen LogP contribution >= 0.6 is 7.82 Å². The van der Waals surface area contributed by atoms with E-state index in [1.165, 1.54) is 0 Å². The average Bonchev–Trinajstić information content (AvgIpc) is 2.35. The minimum absolute atomic E-state index is 0.354. The van der Waals surface area contributed by atoms with Crippen molar-refractivity contribution in [2.75, 3.05) is 6.61 Å². The molecule has 1 heterocycles. The number of phosphoric acid groups is 1. The maximum Gasteiger partial charge on any atom is 0.471 e. The van der Waals surface area contributed by atoms with Gasteiger partial charge in [0.1, 0.15) is 12.3 Å². The monoisotopic (exact) mass is 169 g/mol. The van der Waals surface area contributed by atoms with Gasteiger partial charge in [-0.15, -0.1) is 0 Å². The van der Waals surface area contributed by atoms with Crippen LogP contribution in [0.4, 0.5) is 0 Å². The van der Waals surface area contributed by atoms with Crippen molar-refractivity contribution in [3.8, 4) is 0 Å². The molecule has 0 aromatic heterocycles. The van der Waals surface area contributed by atoms with Gasteiger partial charge in [-0.25, -0.2) is 4.57 Å². The third kappa shape index (κ3) is 2.74. The summed E-state index contributed by atoms with van der Waals surface area (Å²) in [6, 6.07) is 0. The second kappa shape index (κ2) is 2.58. The Morgan fingerprint density at radius 1 is 1.80 bits per heavy atom. The first-order valence-corrected chi connectivity index (χ1v) is 4.13. The molecule has 6 nitrogen and oxygen atoms in total. The van der Waals surface area contributed by atoms with Gasteiger partial charge in [-0.2, -0.15) is 0 Å². The molecule has 1 rings (SSSR count). The maximum absolute atomic E-state index is 10.1. The minimum atomic E-state index is -4.44. The third-order valence-corrected chi connectivity index (χ3v) is 1.50. The molecular weight excluding hydrogens is 161 g/mol. The molecule has 60 valence electrons. The lowest BCUT2D eigenvalue weighted by Gasteiger charge is -2.09. The number of nitrogens with two attached hydrogens (primary N) is 1. The van der Waals surface area contributed by atoms with Crippen LogP contribution in [0.15, 0.2) is 0 Å². The van der Waals surface area contributed by atoms with Gasteiger partial charge in [-0.3, -0.25) is 4.52 Å². The Labute approximate surface area is 57.2 Å². The van der Waals surface area contributed by atoms with Gasteiger partial charge >= 0.3 is 7.82 Å². The van der Waals surface area contributed by atoms with Gasteiger partial charge in [0.25, 0.3) is 0 Å². The molecule has 4 N–H and O–H groups in total. The third-order valence-electron chi connectivity index (χ3n) is 0.985. The number of hydrogen-bond acceptors (Lipinski definition) is 4. The molecular formula is C3H8NO5P. The summed E-state index contributed by atoms with van der Waals surface area (Å²) in [4.78, 5) is 16.4. The van der Waals surface area contributed by atoms with E-state index in [2.05, 4.69) is 9.26 Å². The van der Waals surface area contributed by atoms with Gasteiger partial charge < -0.3 is 20.3 Å². The number of ether oxygens (including phenoxy) is 1. The summed E-state index contributed by atoms with van der Waals surface area (Å²) in [5.74, 6) is 0. The van der Waals surface area contributed by atoms with E-state index >= 15 is 0 Å². The van der Waals surface area contributed by atoms with E-state index in [1.807, 2.05) is 0 Å². The van der Waals surface area contributed by atoms with E-state index in [1.54, 1.807) is 0 Å². The first kappa shape index (κ1) is 8.13. The normalized spacial score (nSPS) is 28.1. The number of phosphoric ester groups is 1. The Hall–Kier alpha value is 0.0300. The van der Waals surface area contributed by atoms with Crippen LogP contribution in [0.25, 0.3) is 0 Å². The van der Waals surface area contributed by atoms with Crippen molar-refractivity contribution in [3.05, 3.63) is 0 Å². The van der Waals surface area contributed by atoms with Gasteiger partial charge in [-0.1, -0.05) is 0 Å². The largest absolute Gasteiger partial charge is 0.471 e. The Bertz CT molecular complexity index is 162. The highest BCUT2D eigenvalue weighted by Gasteiger charge is 2.35. The summed E-state index contributed by atoms with van der Waals surface area (Å²) in [6.07, 6.45) is -1.37. The fourth-order valence-corrected chi connectivity index (χ4v) is 0.925. The van der Waals surface area contributed by atoms with Crippen molar-refractivity contribution in [3.63, 3.8) is 0 Å². The van der Waals surface area contributed by atoms with Crippen LogP contribution in [0.1, 0.15) is 0 Å². The quantitative estimate of drug-likeness (QED) is 0.278. The summed E-state index contributed by atoms with van der Waals surface area (Å²) in [7, 11) is -4.44. The maximum atomic E-state index is 10.1. The van der Waals surface area contributed by atoms with Crippen LogP contribution in [0.3, 0.4) is 0 Å². The van der Waals surface area contributed by atoms with Crippen molar-refractivity contribution < 1.29 is 23.6 Å². The summed E-state index contributed by atoms with van der Waals surface area (Å²) >= 11 is 0. The fourth-order valence-electron chi connectivity index (χ4n) is 0.472. The van der Waals surface area contributed by atoms with Gasteiger partial charge in [0.15, 0.2) is 0 Å². The van der Waals surface area contributed by atoms with Crippen LogP contribution in [0.2, 0.25) is 0 Å². The number of hydrogen-bond donors (Lipinski definition) is 3. The summed E-state index contributed by atoms with van der Waals surface area (Å²) in [5, 5.41) is 0. The van der Waals surface area contributed by atoms with Crippen LogP contribution in [0, 0.1) is 0 Å². The molecule has 10 heavy (non-hydrogen) atoms. The smallest absolute Gasteiger partial charge is 0.369 e. The second-order valence-corrected chi connectivity index (χ2v) is 3.12. The zero-order valence-electron chi connectivity index (χ0n) is 5.01. The van der Waals surface area contributed by atoms with Crippen molar-refractivity contribution in [2.45, 2.75) is 12.3 Å². The van der Waals surface area contributed by atoms with E-state index in [9.17, 15) is 4.57 Å². The molecule has 0 bridgehead atoms. The lowest BCUT2D eigenvalue weighted by Crippen LogP contribution is -2.28. The zero-order valence-corrected chi connectivity index (χ0v) is 5.90. The molecule has 7 heteroatoms. The molecule has 0 amide bonds. The summed E-state index contributed by atoms with van der Waals surface area (Å²) in [5.41, 5.74) is 5.13. The van der Waals surface area contributed by atoms with Crippen LogP contribution in [-0.4, -0.2) is 28.7 Å². The molecule has 1 fully saturated rings. The van der Waals surface area contributed by atoms with Crippen LogP contribution in [0.5, 0.6) is 0 Å². The van der Waals surface area contributed by atoms with E-state index in [0.29, 0.717) is 6.61 Å². The Morgan fingerprint density at radius 2 is 2.30 bits per heavy atom. The molecule has 1 saturated heterocycles. The molecule has 0 aliphatic carbocycles. The van der Waals surface area contributed by atoms with Gasteiger partial charge in [0.05, 0.1) is 6.61 Å². The molecule has 2 atom stereocenters. The Balaban J connectivity index is 2.30. The lowest BCUT2D eigenvalue weighted by molar-refractivity contribution is 0.113. The molecule has 0 saturated carbocycles.